The zero-order valence-electron chi connectivity index (χ0n) is 10.3. The molecule has 1 fully saturated rings. The summed E-state index contributed by atoms with van der Waals surface area (Å²) in [6.07, 6.45) is 2.93. The quantitative estimate of drug-likeness (QED) is 0.873. The number of anilines is 1. The molecule has 17 heavy (non-hydrogen) atoms. The summed E-state index contributed by atoms with van der Waals surface area (Å²) in [5, 5.41) is 9.88. The molecule has 0 aromatic heterocycles. The first kappa shape index (κ1) is 12.4. The molecule has 1 aromatic rings. The predicted molar refractivity (Wildman–Crippen MR) is 67.6 cm³/mol. The van der Waals surface area contributed by atoms with Gasteiger partial charge in [-0.1, -0.05) is 13.3 Å². The van der Waals surface area contributed by atoms with Gasteiger partial charge < -0.3 is 10.0 Å². The highest BCUT2D eigenvalue weighted by atomic mass is 19.1. The molecule has 2 atom stereocenters. The summed E-state index contributed by atoms with van der Waals surface area (Å²) in [6, 6.07) is 6.53. The lowest BCUT2D eigenvalue weighted by atomic mass is 9.91. The first-order valence-electron chi connectivity index (χ1n) is 6.37. The van der Waals surface area contributed by atoms with E-state index < -0.39 is 0 Å². The van der Waals surface area contributed by atoms with Crippen molar-refractivity contribution in [2.24, 2.45) is 5.92 Å². The van der Waals surface area contributed by atoms with Gasteiger partial charge in [-0.3, -0.25) is 0 Å². The van der Waals surface area contributed by atoms with Gasteiger partial charge >= 0.3 is 0 Å². The zero-order chi connectivity index (χ0) is 12.3. The van der Waals surface area contributed by atoms with Gasteiger partial charge in [-0.15, -0.1) is 0 Å². The fourth-order valence-electron chi connectivity index (χ4n) is 2.65. The summed E-state index contributed by atoms with van der Waals surface area (Å²) < 4.78 is 12.9. The number of aliphatic hydroxyl groups is 1. The van der Waals surface area contributed by atoms with Crippen molar-refractivity contribution in [2.75, 3.05) is 18.0 Å². The van der Waals surface area contributed by atoms with E-state index in [9.17, 15) is 9.50 Å². The van der Waals surface area contributed by atoms with Crippen molar-refractivity contribution >= 4 is 5.69 Å². The van der Waals surface area contributed by atoms with E-state index in [1.54, 1.807) is 12.1 Å². The maximum absolute atomic E-state index is 12.9. The van der Waals surface area contributed by atoms with Crippen LogP contribution in [0.25, 0.3) is 0 Å². The normalized spacial score (nSPS) is 25.0. The van der Waals surface area contributed by atoms with Crippen LogP contribution in [0.4, 0.5) is 10.1 Å². The average Bonchev–Trinajstić information content (AvgIpc) is 2.29. The molecule has 0 spiro atoms. The number of aliphatic hydroxyl groups excluding tert-OH is 1. The Balaban J connectivity index is 2.06. The molecule has 0 bridgehead atoms. The maximum Gasteiger partial charge on any atom is 0.123 e. The highest BCUT2D eigenvalue weighted by Gasteiger charge is 2.25. The molecule has 1 aliphatic heterocycles. The van der Waals surface area contributed by atoms with Gasteiger partial charge in [0.2, 0.25) is 0 Å². The Bertz CT molecular complexity index is 352. The molecule has 0 saturated carbocycles. The summed E-state index contributed by atoms with van der Waals surface area (Å²) in [5.74, 6) is 0.338. The summed E-state index contributed by atoms with van der Waals surface area (Å²) in [6.45, 7) is 3.80. The third kappa shape index (κ3) is 3.19. The molecule has 1 heterocycles. The van der Waals surface area contributed by atoms with Crippen LogP contribution in [-0.4, -0.2) is 24.3 Å². The Morgan fingerprint density at radius 2 is 2.00 bits per heavy atom. The molecular weight excluding hydrogens is 217 g/mol. The SMILES string of the molecule is CCCC1CC(O)CN(c2ccc(F)cc2)C1. The molecule has 1 aromatic carbocycles. The molecule has 0 amide bonds. The fourth-order valence-corrected chi connectivity index (χ4v) is 2.65. The van der Waals surface area contributed by atoms with Crippen molar-refractivity contribution in [3.05, 3.63) is 30.1 Å². The first-order chi connectivity index (χ1) is 8.19. The molecule has 0 aliphatic carbocycles. The number of β-amino-alcohol motifs (C(OH)–C–C–N with tert-alkyl or cyclic N) is 1. The largest absolute Gasteiger partial charge is 0.391 e. The van der Waals surface area contributed by atoms with E-state index in [0.29, 0.717) is 12.5 Å². The van der Waals surface area contributed by atoms with Crippen LogP contribution < -0.4 is 4.90 Å². The number of hydrogen-bond acceptors (Lipinski definition) is 2. The second kappa shape index (κ2) is 5.50. The Hall–Kier alpha value is -1.09. The number of hydrogen-bond donors (Lipinski definition) is 1. The van der Waals surface area contributed by atoms with Crippen molar-refractivity contribution in [1.82, 2.24) is 0 Å². The van der Waals surface area contributed by atoms with E-state index in [4.69, 9.17) is 0 Å². The molecule has 2 unspecified atom stereocenters. The number of halogens is 1. The topological polar surface area (TPSA) is 23.5 Å². The van der Waals surface area contributed by atoms with Crippen molar-refractivity contribution in [1.29, 1.82) is 0 Å². The van der Waals surface area contributed by atoms with Crippen LogP contribution in [0.2, 0.25) is 0 Å². The zero-order valence-corrected chi connectivity index (χ0v) is 10.3. The van der Waals surface area contributed by atoms with Gasteiger partial charge in [0, 0.05) is 18.8 Å². The fraction of sp³-hybridized carbons (Fsp3) is 0.571. The minimum absolute atomic E-state index is 0.212. The minimum Gasteiger partial charge on any atom is -0.391 e. The van der Waals surface area contributed by atoms with E-state index in [0.717, 1.165) is 31.5 Å². The average molecular weight is 237 g/mol. The number of nitrogens with zero attached hydrogens (tertiary/aromatic N) is 1. The van der Waals surface area contributed by atoms with E-state index in [1.165, 1.54) is 12.1 Å². The first-order valence-corrected chi connectivity index (χ1v) is 6.37. The van der Waals surface area contributed by atoms with Gasteiger partial charge in [-0.05, 0) is 43.0 Å². The van der Waals surface area contributed by atoms with E-state index in [2.05, 4.69) is 11.8 Å². The molecule has 3 heteroatoms. The molecule has 0 radical (unpaired) electrons. The highest BCUT2D eigenvalue weighted by Crippen LogP contribution is 2.26. The Kier molecular flexibility index (Phi) is 4.00. The Labute approximate surface area is 102 Å². The second-order valence-electron chi connectivity index (χ2n) is 4.93. The van der Waals surface area contributed by atoms with Gasteiger partial charge in [-0.25, -0.2) is 4.39 Å². The maximum atomic E-state index is 12.9. The van der Waals surface area contributed by atoms with Gasteiger partial charge in [0.25, 0.3) is 0 Å². The molecule has 2 rings (SSSR count). The molecule has 94 valence electrons. The molecule has 1 saturated heterocycles. The molecule has 1 aliphatic rings. The molecular formula is C14H20FNO. The van der Waals surface area contributed by atoms with E-state index in [-0.39, 0.29) is 11.9 Å². The van der Waals surface area contributed by atoms with Crippen LogP contribution in [0.15, 0.2) is 24.3 Å². The Morgan fingerprint density at radius 1 is 1.29 bits per heavy atom. The van der Waals surface area contributed by atoms with Crippen LogP contribution in [0.5, 0.6) is 0 Å². The number of benzene rings is 1. The van der Waals surface area contributed by atoms with Crippen molar-refractivity contribution < 1.29 is 9.50 Å². The smallest absolute Gasteiger partial charge is 0.123 e. The monoisotopic (exact) mass is 237 g/mol. The van der Waals surface area contributed by atoms with Crippen LogP contribution in [0.3, 0.4) is 0 Å². The van der Waals surface area contributed by atoms with Crippen molar-refractivity contribution in [3.8, 4) is 0 Å². The van der Waals surface area contributed by atoms with E-state index in [1.807, 2.05) is 0 Å². The molecule has 2 nitrogen and oxygen atoms in total. The third-order valence-electron chi connectivity index (χ3n) is 3.40. The van der Waals surface area contributed by atoms with E-state index >= 15 is 0 Å². The second-order valence-corrected chi connectivity index (χ2v) is 4.93. The Morgan fingerprint density at radius 3 is 2.65 bits per heavy atom. The van der Waals surface area contributed by atoms with Gasteiger partial charge in [0.1, 0.15) is 5.82 Å². The van der Waals surface area contributed by atoms with Gasteiger partial charge in [-0.2, -0.15) is 0 Å². The van der Waals surface area contributed by atoms with Crippen LogP contribution in [0.1, 0.15) is 26.2 Å². The van der Waals surface area contributed by atoms with Gasteiger partial charge in [0.15, 0.2) is 0 Å². The van der Waals surface area contributed by atoms with Crippen LogP contribution >= 0.6 is 0 Å². The highest BCUT2D eigenvalue weighted by molar-refractivity contribution is 5.46. The lowest BCUT2D eigenvalue weighted by Gasteiger charge is -2.37. The van der Waals surface area contributed by atoms with Crippen molar-refractivity contribution in [3.63, 3.8) is 0 Å². The van der Waals surface area contributed by atoms with Gasteiger partial charge in [0.05, 0.1) is 6.10 Å². The lowest BCUT2D eigenvalue weighted by molar-refractivity contribution is 0.125. The lowest BCUT2D eigenvalue weighted by Crippen LogP contribution is -2.43. The summed E-state index contributed by atoms with van der Waals surface area (Å²) in [7, 11) is 0. The molecule has 1 N–H and O–H groups in total. The van der Waals surface area contributed by atoms with Crippen LogP contribution in [0, 0.1) is 11.7 Å². The summed E-state index contributed by atoms with van der Waals surface area (Å²) in [4.78, 5) is 2.16. The summed E-state index contributed by atoms with van der Waals surface area (Å²) in [5.41, 5.74) is 1.01. The third-order valence-corrected chi connectivity index (χ3v) is 3.40. The number of piperidine rings is 1. The van der Waals surface area contributed by atoms with Crippen molar-refractivity contribution in [2.45, 2.75) is 32.3 Å². The summed E-state index contributed by atoms with van der Waals surface area (Å²) >= 11 is 0. The standard InChI is InChI=1S/C14H20FNO/c1-2-3-11-8-14(17)10-16(9-11)13-6-4-12(15)5-7-13/h4-7,11,14,17H,2-3,8-10H2,1H3. The number of rotatable bonds is 3. The minimum atomic E-state index is -0.259. The predicted octanol–water partition coefficient (Wildman–Crippen LogP) is 2.81. The van der Waals surface area contributed by atoms with Crippen LogP contribution in [-0.2, 0) is 0 Å².